The van der Waals surface area contributed by atoms with Gasteiger partial charge in [0, 0.05) is 31.2 Å². The first-order valence-corrected chi connectivity index (χ1v) is 12.8. The lowest BCUT2D eigenvalue weighted by Crippen LogP contribution is -2.39. The lowest BCUT2D eigenvalue weighted by molar-refractivity contribution is 0.0472. The van der Waals surface area contributed by atoms with E-state index in [1.807, 2.05) is 66.7 Å². The summed E-state index contributed by atoms with van der Waals surface area (Å²) in [6.07, 6.45) is 0.743. The second-order valence-corrected chi connectivity index (χ2v) is 9.01. The third kappa shape index (κ3) is 7.54. The van der Waals surface area contributed by atoms with Crippen LogP contribution < -0.4 is 11.1 Å². The Labute approximate surface area is 224 Å². The fraction of sp³-hybridized carbons (Fsp3) is 0.188. The molecule has 0 heterocycles. The number of carbonyl (C=O) groups is 2. The summed E-state index contributed by atoms with van der Waals surface area (Å²) in [4.78, 5) is 27.5. The molecule has 0 bridgehead atoms. The van der Waals surface area contributed by atoms with Crippen molar-refractivity contribution in [1.29, 1.82) is 0 Å². The van der Waals surface area contributed by atoms with E-state index in [2.05, 4.69) is 29.6 Å². The molecule has 0 radical (unpaired) electrons. The number of ether oxygens (including phenoxy) is 1. The largest absolute Gasteiger partial charge is 0.457 e. The van der Waals surface area contributed by atoms with Crippen LogP contribution in [-0.4, -0.2) is 36.5 Å². The first-order chi connectivity index (χ1) is 18.6. The Hall–Kier alpha value is -4.42. The number of amides is 2. The van der Waals surface area contributed by atoms with Crippen LogP contribution in [0.4, 0.5) is 10.5 Å². The first-order valence-electron chi connectivity index (χ1n) is 12.8. The third-order valence-corrected chi connectivity index (χ3v) is 6.34. The van der Waals surface area contributed by atoms with E-state index in [0.29, 0.717) is 30.9 Å². The zero-order valence-corrected chi connectivity index (χ0v) is 21.3. The molecule has 0 spiro atoms. The van der Waals surface area contributed by atoms with Crippen LogP contribution in [0.5, 0.6) is 0 Å². The fourth-order valence-electron chi connectivity index (χ4n) is 4.39. The van der Waals surface area contributed by atoms with Gasteiger partial charge in [-0.1, -0.05) is 97.1 Å². The average molecular weight is 508 g/mol. The number of nitrogens with one attached hydrogen (secondary N) is 1. The zero-order valence-electron chi connectivity index (χ0n) is 21.3. The van der Waals surface area contributed by atoms with E-state index in [4.69, 9.17) is 10.5 Å². The molecule has 0 saturated carbocycles. The van der Waals surface area contributed by atoms with Crippen molar-refractivity contribution < 1.29 is 14.3 Å². The van der Waals surface area contributed by atoms with Gasteiger partial charge in [0.25, 0.3) is 0 Å². The predicted molar refractivity (Wildman–Crippen MR) is 151 cm³/mol. The van der Waals surface area contributed by atoms with E-state index in [9.17, 15) is 9.59 Å². The van der Waals surface area contributed by atoms with Crippen LogP contribution in [0, 0.1) is 0 Å². The number of esters is 1. The van der Waals surface area contributed by atoms with E-state index < -0.39 is 5.97 Å². The Morgan fingerprint density at radius 3 is 1.97 bits per heavy atom. The topological polar surface area (TPSA) is 84.7 Å². The van der Waals surface area contributed by atoms with E-state index in [1.54, 1.807) is 29.2 Å². The van der Waals surface area contributed by atoms with Crippen LogP contribution in [0.2, 0.25) is 0 Å². The number of hydrogen-bond acceptors (Lipinski definition) is 4. The van der Waals surface area contributed by atoms with Crippen molar-refractivity contribution in [3.63, 3.8) is 0 Å². The van der Waals surface area contributed by atoms with Gasteiger partial charge in [-0.3, -0.25) is 0 Å². The van der Waals surface area contributed by atoms with Crippen molar-refractivity contribution >= 4 is 17.7 Å². The fourth-order valence-corrected chi connectivity index (χ4v) is 4.39. The van der Waals surface area contributed by atoms with Crippen molar-refractivity contribution in [2.45, 2.75) is 18.9 Å². The molecule has 3 N–H and O–H groups in total. The van der Waals surface area contributed by atoms with Crippen LogP contribution in [0.3, 0.4) is 0 Å². The van der Waals surface area contributed by atoms with Gasteiger partial charge in [0.1, 0.15) is 6.61 Å². The highest BCUT2D eigenvalue weighted by molar-refractivity contribution is 5.94. The number of anilines is 1. The lowest BCUT2D eigenvalue weighted by Gasteiger charge is -2.26. The standard InChI is InChI=1S/C32H33N3O3/c33-20-22-35(21-19-30(26-13-6-2-7-14-26)27-15-8-3-9-16-27)32(37)34-29-18-10-17-28(23-29)31(36)38-24-25-11-4-1-5-12-25/h1-18,23,30H,19-22,24,33H2,(H,34,37). The second kappa shape index (κ2) is 13.8. The molecule has 6 heteroatoms. The summed E-state index contributed by atoms with van der Waals surface area (Å²) in [6, 6.07) is 36.6. The SMILES string of the molecule is NCCN(CCC(c1ccccc1)c1ccccc1)C(=O)Nc1cccc(C(=O)OCc2ccccc2)c1. The van der Waals surface area contributed by atoms with Gasteiger partial charge >= 0.3 is 12.0 Å². The van der Waals surface area contributed by atoms with E-state index >= 15 is 0 Å². The molecule has 194 valence electrons. The summed E-state index contributed by atoms with van der Waals surface area (Å²) in [5.41, 5.74) is 10.1. The van der Waals surface area contributed by atoms with Gasteiger partial charge < -0.3 is 20.7 Å². The van der Waals surface area contributed by atoms with Crippen LogP contribution in [0.15, 0.2) is 115 Å². The highest BCUT2D eigenvalue weighted by Gasteiger charge is 2.19. The Morgan fingerprint density at radius 1 is 0.763 bits per heavy atom. The van der Waals surface area contributed by atoms with Gasteiger partial charge in [0.2, 0.25) is 0 Å². The summed E-state index contributed by atoms with van der Waals surface area (Å²) in [5.74, 6) is -0.300. The molecule has 4 aromatic rings. The third-order valence-electron chi connectivity index (χ3n) is 6.34. The molecular formula is C32H33N3O3. The smallest absolute Gasteiger partial charge is 0.338 e. The van der Waals surface area contributed by atoms with Gasteiger partial charge in [0.05, 0.1) is 5.56 Å². The molecule has 0 atom stereocenters. The van der Waals surface area contributed by atoms with Gasteiger partial charge in [0.15, 0.2) is 0 Å². The minimum Gasteiger partial charge on any atom is -0.457 e. The normalized spacial score (nSPS) is 10.7. The summed E-state index contributed by atoms with van der Waals surface area (Å²) >= 11 is 0. The van der Waals surface area contributed by atoms with Crippen molar-refractivity contribution in [3.8, 4) is 0 Å². The highest BCUT2D eigenvalue weighted by Crippen LogP contribution is 2.28. The Bertz CT molecular complexity index is 1260. The maximum atomic E-state index is 13.2. The van der Waals surface area contributed by atoms with Gasteiger partial charge in [-0.25, -0.2) is 9.59 Å². The van der Waals surface area contributed by atoms with Crippen molar-refractivity contribution in [1.82, 2.24) is 4.90 Å². The molecular weight excluding hydrogens is 474 g/mol. The van der Waals surface area contributed by atoms with Crippen LogP contribution in [0.25, 0.3) is 0 Å². The molecule has 4 rings (SSSR count). The summed E-state index contributed by atoms with van der Waals surface area (Å²) < 4.78 is 5.43. The minimum atomic E-state index is -0.447. The molecule has 0 aliphatic rings. The van der Waals surface area contributed by atoms with Gasteiger partial charge in [-0.05, 0) is 41.3 Å². The monoisotopic (exact) mass is 507 g/mol. The molecule has 0 saturated heterocycles. The first kappa shape index (κ1) is 26.6. The Kier molecular flexibility index (Phi) is 9.65. The van der Waals surface area contributed by atoms with Crippen LogP contribution in [-0.2, 0) is 11.3 Å². The quantitative estimate of drug-likeness (QED) is 0.242. The molecule has 0 aliphatic carbocycles. The number of nitrogens with two attached hydrogens (primary N) is 1. The van der Waals surface area contributed by atoms with Gasteiger partial charge in [-0.15, -0.1) is 0 Å². The minimum absolute atomic E-state index is 0.146. The van der Waals surface area contributed by atoms with E-state index in [1.165, 1.54) is 11.1 Å². The molecule has 4 aromatic carbocycles. The molecule has 2 amide bonds. The number of carbonyl (C=O) groups excluding carboxylic acids is 2. The molecule has 38 heavy (non-hydrogen) atoms. The maximum Gasteiger partial charge on any atom is 0.338 e. The molecule has 0 fully saturated rings. The predicted octanol–water partition coefficient (Wildman–Crippen LogP) is 6.06. The Balaban J connectivity index is 1.40. The van der Waals surface area contributed by atoms with Gasteiger partial charge in [-0.2, -0.15) is 0 Å². The van der Waals surface area contributed by atoms with E-state index in [-0.39, 0.29) is 18.6 Å². The lowest BCUT2D eigenvalue weighted by atomic mass is 9.88. The van der Waals surface area contributed by atoms with E-state index in [0.717, 1.165) is 12.0 Å². The number of hydrogen-bond donors (Lipinski definition) is 2. The highest BCUT2D eigenvalue weighted by atomic mass is 16.5. The summed E-state index contributed by atoms with van der Waals surface area (Å²) in [5, 5.41) is 2.92. The number of rotatable bonds is 11. The van der Waals surface area contributed by atoms with Crippen molar-refractivity contribution in [2.24, 2.45) is 5.73 Å². The average Bonchev–Trinajstić information content (AvgIpc) is 2.97. The molecule has 0 aromatic heterocycles. The number of benzene rings is 4. The zero-order chi connectivity index (χ0) is 26.6. The molecule has 6 nitrogen and oxygen atoms in total. The molecule has 0 aliphatic heterocycles. The number of nitrogens with zero attached hydrogens (tertiary/aromatic N) is 1. The Morgan fingerprint density at radius 2 is 1.37 bits per heavy atom. The van der Waals surface area contributed by atoms with Crippen LogP contribution in [0.1, 0.15) is 39.4 Å². The number of urea groups is 1. The van der Waals surface area contributed by atoms with Crippen molar-refractivity contribution in [2.75, 3.05) is 25.0 Å². The summed E-state index contributed by atoms with van der Waals surface area (Å²) in [6.45, 7) is 1.47. The maximum absolute atomic E-state index is 13.2. The second-order valence-electron chi connectivity index (χ2n) is 9.01. The summed E-state index contributed by atoms with van der Waals surface area (Å²) in [7, 11) is 0. The van der Waals surface area contributed by atoms with Crippen molar-refractivity contribution in [3.05, 3.63) is 138 Å². The van der Waals surface area contributed by atoms with Crippen LogP contribution >= 0.6 is 0 Å². The molecule has 0 unspecified atom stereocenters.